The van der Waals surface area contributed by atoms with Crippen LogP contribution >= 0.6 is 0 Å². The fourth-order valence-corrected chi connectivity index (χ4v) is 1.70. The fraction of sp³-hybridized carbons (Fsp3) is 0.875. The van der Waals surface area contributed by atoms with Gasteiger partial charge in [-0.2, -0.15) is 0 Å². The van der Waals surface area contributed by atoms with E-state index in [0.717, 1.165) is 0 Å². The van der Waals surface area contributed by atoms with Gasteiger partial charge in [0.25, 0.3) is 0 Å². The third kappa shape index (κ3) is 15.9. The topological polar surface area (TPSA) is 133 Å². The zero-order chi connectivity index (χ0) is 19.8. The number of nitrogens with zero attached hydrogens (tertiary/aromatic N) is 1. The summed E-state index contributed by atoms with van der Waals surface area (Å²) in [4.78, 5) is 23.7. The molecule has 0 bridgehead atoms. The molecule has 2 amide bonds. The maximum absolute atomic E-state index is 11.4. The first-order valence-corrected chi connectivity index (χ1v) is 8.64. The smallest absolute Gasteiger partial charge is 0.407 e. The van der Waals surface area contributed by atoms with Crippen molar-refractivity contribution in [2.24, 2.45) is 5.73 Å². The van der Waals surface area contributed by atoms with Crippen LogP contribution < -0.4 is 11.1 Å². The molecule has 0 heterocycles. The number of rotatable bonds is 14. The standard InChI is InChI=1S/C16H33N3O7/c1-16(2,3)26-14(20)18-5-9-24-12-13-25-11-7-19(15(21)22)6-10-23-8-4-17/h4-13,17H2,1-3H3,(H,18,20)(H,21,22). The predicted octanol–water partition coefficient (Wildman–Crippen LogP) is 0.500. The normalized spacial score (nSPS) is 11.2. The Hall–Kier alpha value is -1.62. The molecule has 0 aromatic rings. The Bertz CT molecular complexity index is 389. The second kappa shape index (κ2) is 14.5. The minimum Gasteiger partial charge on any atom is -0.465 e. The van der Waals surface area contributed by atoms with Gasteiger partial charge in [0.15, 0.2) is 0 Å². The molecule has 0 aromatic heterocycles. The monoisotopic (exact) mass is 379 g/mol. The first-order valence-electron chi connectivity index (χ1n) is 8.64. The van der Waals surface area contributed by atoms with Crippen LogP contribution in [0.15, 0.2) is 0 Å². The van der Waals surface area contributed by atoms with Crippen molar-refractivity contribution in [3.05, 3.63) is 0 Å². The highest BCUT2D eigenvalue weighted by Crippen LogP contribution is 2.05. The number of ether oxygens (including phenoxy) is 4. The van der Waals surface area contributed by atoms with E-state index in [0.29, 0.717) is 46.1 Å². The number of nitrogens with one attached hydrogen (secondary N) is 1. The number of hydrogen-bond acceptors (Lipinski definition) is 7. The van der Waals surface area contributed by atoms with E-state index in [1.807, 2.05) is 0 Å². The van der Waals surface area contributed by atoms with Crippen LogP contribution in [0.5, 0.6) is 0 Å². The molecule has 0 saturated heterocycles. The van der Waals surface area contributed by atoms with Gasteiger partial charge in [0.2, 0.25) is 0 Å². The Morgan fingerprint density at radius 2 is 1.50 bits per heavy atom. The molecule has 0 atom stereocenters. The van der Waals surface area contributed by atoms with Crippen LogP contribution in [0.4, 0.5) is 9.59 Å². The number of carbonyl (C=O) groups is 2. The minimum absolute atomic E-state index is 0.252. The number of carboxylic acid groups (broad SMARTS) is 1. The van der Waals surface area contributed by atoms with E-state index in [2.05, 4.69) is 5.32 Å². The maximum Gasteiger partial charge on any atom is 0.407 e. The van der Waals surface area contributed by atoms with E-state index >= 15 is 0 Å². The predicted molar refractivity (Wildman–Crippen MR) is 95.3 cm³/mol. The van der Waals surface area contributed by atoms with Crippen molar-refractivity contribution in [2.45, 2.75) is 26.4 Å². The SMILES string of the molecule is CC(C)(C)OC(=O)NCCOCCOCCN(CCOCCN)C(=O)O. The minimum atomic E-state index is -1.02. The van der Waals surface area contributed by atoms with Crippen LogP contribution in [0.3, 0.4) is 0 Å². The van der Waals surface area contributed by atoms with Gasteiger partial charge in [-0.15, -0.1) is 0 Å². The van der Waals surface area contributed by atoms with Gasteiger partial charge >= 0.3 is 12.2 Å². The van der Waals surface area contributed by atoms with Crippen LogP contribution in [0.2, 0.25) is 0 Å². The van der Waals surface area contributed by atoms with Gasteiger partial charge in [-0.05, 0) is 20.8 Å². The molecule has 154 valence electrons. The van der Waals surface area contributed by atoms with E-state index in [1.54, 1.807) is 20.8 Å². The maximum atomic E-state index is 11.4. The third-order valence-corrected chi connectivity index (χ3v) is 2.83. The number of amides is 2. The van der Waals surface area contributed by atoms with Crippen molar-refractivity contribution in [1.29, 1.82) is 0 Å². The molecule has 4 N–H and O–H groups in total. The number of nitrogens with two attached hydrogens (primary N) is 1. The Morgan fingerprint density at radius 3 is 2.00 bits per heavy atom. The van der Waals surface area contributed by atoms with E-state index in [9.17, 15) is 9.59 Å². The molecule has 0 fully saturated rings. The van der Waals surface area contributed by atoms with Crippen LogP contribution in [0, 0.1) is 0 Å². The Labute approximate surface area is 154 Å². The lowest BCUT2D eigenvalue weighted by Gasteiger charge is -2.19. The van der Waals surface area contributed by atoms with Crippen molar-refractivity contribution in [2.75, 3.05) is 65.8 Å². The van der Waals surface area contributed by atoms with Crippen LogP contribution in [0.25, 0.3) is 0 Å². The van der Waals surface area contributed by atoms with Crippen molar-refractivity contribution >= 4 is 12.2 Å². The number of alkyl carbamates (subject to hydrolysis) is 1. The number of carbonyl (C=O) groups excluding carboxylic acids is 1. The molecule has 10 heteroatoms. The van der Waals surface area contributed by atoms with Gasteiger partial charge in [0, 0.05) is 26.2 Å². The molecule has 0 radical (unpaired) electrons. The van der Waals surface area contributed by atoms with E-state index in [4.69, 9.17) is 29.8 Å². The summed E-state index contributed by atoms with van der Waals surface area (Å²) in [5, 5.41) is 11.6. The van der Waals surface area contributed by atoms with Crippen molar-refractivity contribution in [3.8, 4) is 0 Å². The lowest BCUT2D eigenvalue weighted by Crippen LogP contribution is -2.36. The first-order chi connectivity index (χ1) is 12.3. The average Bonchev–Trinajstić information content (AvgIpc) is 2.53. The van der Waals surface area contributed by atoms with Crippen molar-refractivity contribution in [1.82, 2.24) is 10.2 Å². The molecular weight excluding hydrogens is 346 g/mol. The third-order valence-electron chi connectivity index (χ3n) is 2.83. The molecule has 26 heavy (non-hydrogen) atoms. The van der Waals surface area contributed by atoms with Gasteiger partial charge in [-0.3, -0.25) is 0 Å². The molecule has 0 aliphatic rings. The second-order valence-electron chi connectivity index (χ2n) is 6.32. The first kappa shape index (κ1) is 24.4. The summed E-state index contributed by atoms with van der Waals surface area (Å²) in [6.07, 6.45) is -1.50. The lowest BCUT2D eigenvalue weighted by molar-refractivity contribution is 0.0316. The van der Waals surface area contributed by atoms with Crippen LogP contribution in [0.1, 0.15) is 20.8 Å². The summed E-state index contributed by atoms with van der Waals surface area (Å²) in [5.74, 6) is 0. The van der Waals surface area contributed by atoms with Gasteiger partial charge in [0.05, 0.1) is 39.6 Å². The van der Waals surface area contributed by atoms with Crippen LogP contribution in [-0.4, -0.2) is 93.6 Å². The highest BCUT2D eigenvalue weighted by atomic mass is 16.6. The van der Waals surface area contributed by atoms with Crippen LogP contribution in [-0.2, 0) is 18.9 Å². The molecule has 0 unspecified atom stereocenters. The van der Waals surface area contributed by atoms with Crippen molar-refractivity contribution in [3.63, 3.8) is 0 Å². The Morgan fingerprint density at radius 1 is 0.962 bits per heavy atom. The summed E-state index contributed by atoms with van der Waals surface area (Å²) < 4.78 is 20.9. The average molecular weight is 379 g/mol. The molecule has 0 rings (SSSR count). The molecule has 0 aromatic carbocycles. The highest BCUT2D eigenvalue weighted by molar-refractivity contribution is 5.67. The highest BCUT2D eigenvalue weighted by Gasteiger charge is 2.15. The van der Waals surface area contributed by atoms with E-state index < -0.39 is 17.8 Å². The zero-order valence-electron chi connectivity index (χ0n) is 16.0. The summed E-state index contributed by atoms with van der Waals surface area (Å²) >= 11 is 0. The molecule has 0 aliphatic heterocycles. The van der Waals surface area contributed by atoms with Gasteiger partial charge in [-0.1, -0.05) is 0 Å². The molecular formula is C16H33N3O7. The van der Waals surface area contributed by atoms with Gasteiger partial charge < -0.3 is 40.0 Å². The molecule has 0 saturated carbocycles. The Kier molecular flexibility index (Phi) is 13.6. The quantitative estimate of drug-likeness (QED) is 0.372. The summed E-state index contributed by atoms with van der Waals surface area (Å²) in [6.45, 7) is 8.64. The zero-order valence-corrected chi connectivity index (χ0v) is 16.0. The fourth-order valence-electron chi connectivity index (χ4n) is 1.70. The van der Waals surface area contributed by atoms with Gasteiger partial charge in [-0.25, -0.2) is 9.59 Å². The van der Waals surface area contributed by atoms with E-state index in [1.165, 1.54) is 4.90 Å². The summed E-state index contributed by atoms with van der Waals surface area (Å²) in [7, 11) is 0. The lowest BCUT2D eigenvalue weighted by atomic mass is 10.2. The molecule has 0 aliphatic carbocycles. The summed E-state index contributed by atoms with van der Waals surface area (Å²) in [5.41, 5.74) is 4.76. The summed E-state index contributed by atoms with van der Waals surface area (Å²) in [6, 6.07) is 0. The van der Waals surface area contributed by atoms with Crippen molar-refractivity contribution < 1.29 is 33.6 Å². The number of hydrogen-bond donors (Lipinski definition) is 3. The second-order valence-corrected chi connectivity index (χ2v) is 6.32. The van der Waals surface area contributed by atoms with E-state index in [-0.39, 0.29) is 19.7 Å². The molecule has 10 nitrogen and oxygen atoms in total. The Balaban J connectivity index is 3.55. The largest absolute Gasteiger partial charge is 0.465 e. The van der Waals surface area contributed by atoms with Gasteiger partial charge in [0.1, 0.15) is 5.60 Å². The molecule has 0 spiro atoms.